The van der Waals surface area contributed by atoms with Gasteiger partial charge in [-0.15, -0.1) is 0 Å². The maximum Gasteiger partial charge on any atom is 0.150 e. The van der Waals surface area contributed by atoms with Gasteiger partial charge in [0.05, 0.1) is 12.0 Å². The van der Waals surface area contributed by atoms with Gasteiger partial charge in [-0.1, -0.05) is 12.8 Å². The molecule has 1 saturated carbocycles. The van der Waals surface area contributed by atoms with Gasteiger partial charge in [0.25, 0.3) is 0 Å². The first-order valence-corrected chi connectivity index (χ1v) is 6.67. The van der Waals surface area contributed by atoms with Crippen LogP contribution < -0.4 is 5.32 Å². The predicted molar refractivity (Wildman–Crippen MR) is 70.0 cm³/mol. The average molecular weight is 240 g/mol. The second kappa shape index (κ2) is 3.83. The Labute approximate surface area is 106 Å². The number of nitrogens with zero attached hydrogens (tertiary/aromatic N) is 3. The van der Waals surface area contributed by atoms with Crippen molar-refractivity contribution in [2.45, 2.75) is 37.6 Å². The van der Waals surface area contributed by atoms with E-state index in [4.69, 9.17) is 0 Å². The van der Waals surface area contributed by atoms with Crippen LogP contribution in [-0.2, 0) is 0 Å². The number of hydrogen-bond acceptors (Lipinski definition) is 3. The SMILES string of the molecule is c1cnc2c(c1)-n1cncc1C1CCCCC1N2. The Morgan fingerprint density at radius 1 is 1.28 bits per heavy atom. The fourth-order valence-electron chi connectivity index (χ4n) is 3.32. The van der Waals surface area contributed by atoms with E-state index >= 15 is 0 Å². The van der Waals surface area contributed by atoms with Crippen molar-refractivity contribution in [1.82, 2.24) is 14.5 Å². The Hall–Kier alpha value is -1.84. The molecule has 4 heteroatoms. The molecule has 0 amide bonds. The number of anilines is 1. The maximum atomic E-state index is 4.49. The van der Waals surface area contributed by atoms with Crippen LogP contribution >= 0.6 is 0 Å². The summed E-state index contributed by atoms with van der Waals surface area (Å²) < 4.78 is 2.20. The summed E-state index contributed by atoms with van der Waals surface area (Å²) in [6.45, 7) is 0. The third-order valence-corrected chi connectivity index (χ3v) is 4.18. The Kier molecular flexibility index (Phi) is 2.15. The molecule has 0 saturated heterocycles. The second-order valence-electron chi connectivity index (χ2n) is 5.20. The first kappa shape index (κ1) is 10.1. The third-order valence-electron chi connectivity index (χ3n) is 4.18. The molecule has 4 rings (SSSR count). The van der Waals surface area contributed by atoms with Gasteiger partial charge >= 0.3 is 0 Å². The van der Waals surface area contributed by atoms with Crippen LogP contribution in [-0.4, -0.2) is 20.6 Å². The highest BCUT2D eigenvalue weighted by molar-refractivity contribution is 5.58. The molecule has 0 bridgehead atoms. The van der Waals surface area contributed by atoms with E-state index in [0.29, 0.717) is 12.0 Å². The van der Waals surface area contributed by atoms with Crippen LogP contribution in [0.2, 0.25) is 0 Å². The lowest BCUT2D eigenvalue weighted by Crippen LogP contribution is -2.30. The topological polar surface area (TPSA) is 42.7 Å². The second-order valence-corrected chi connectivity index (χ2v) is 5.20. The summed E-state index contributed by atoms with van der Waals surface area (Å²) in [6, 6.07) is 4.60. The van der Waals surface area contributed by atoms with Gasteiger partial charge in [0, 0.05) is 30.0 Å². The molecule has 92 valence electrons. The number of rotatable bonds is 0. The van der Waals surface area contributed by atoms with Crippen LogP contribution in [0.25, 0.3) is 5.69 Å². The van der Waals surface area contributed by atoms with Gasteiger partial charge in [0.1, 0.15) is 0 Å². The van der Waals surface area contributed by atoms with Gasteiger partial charge in [-0.05, 0) is 25.0 Å². The lowest BCUT2D eigenvalue weighted by molar-refractivity contribution is 0.399. The Morgan fingerprint density at radius 2 is 2.22 bits per heavy atom. The van der Waals surface area contributed by atoms with Crippen molar-refractivity contribution in [1.29, 1.82) is 0 Å². The van der Waals surface area contributed by atoms with Gasteiger partial charge in [-0.25, -0.2) is 9.97 Å². The van der Waals surface area contributed by atoms with Crippen LogP contribution in [0.3, 0.4) is 0 Å². The third kappa shape index (κ3) is 1.38. The molecule has 1 fully saturated rings. The van der Waals surface area contributed by atoms with Gasteiger partial charge in [-0.3, -0.25) is 4.57 Å². The molecule has 4 nitrogen and oxygen atoms in total. The molecule has 1 aliphatic carbocycles. The van der Waals surface area contributed by atoms with E-state index in [2.05, 4.69) is 25.9 Å². The molecule has 18 heavy (non-hydrogen) atoms. The molecule has 2 aromatic heterocycles. The predicted octanol–water partition coefficient (Wildman–Crippen LogP) is 2.72. The minimum absolute atomic E-state index is 0.505. The molecule has 3 heterocycles. The number of imidazole rings is 1. The number of fused-ring (bicyclic) bond motifs is 5. The van der Waals surface area contributed by atoms with Gasteiger partial charge in [-0.2, -0.15) is 0 Å². The quantitative estimate of drug-likeness (QED) is 0.770. The van der Waals surface area contributed by atoms with Gasteiger partial charge < -0.3 is 5.32 Å². The molecule has 1 aliphatic heterocycles. The van der Waals surface area contributed by atoms with Crippen molar-refractivity contribution >= 4 is 5.82 Å². The minimum atomic E-state index is 0.505. The summed E-state index contributed by atoms with van der Waals surface area (Å²) in [5.74, 6) is 1.56. The molecule has 0 aromatic carbocycles. The fraction of sp³-hybridized carbons (Fsp3) is 0.429. The van der Waals surface area contributed by atoms with Crippen molar-refractivity contribution in [3.63, 3.8) is 0 Å². The van der Waals surface area contributed by atoms with E-state index in [0.717, 1.165) is 11.5 Å². The van der Waals surface area contributed by atoms with Crippen LogP contribution in [0.1, 0.15) is 37.3 Å². The summed E-state index contributed by atoms with van der Waals surface area (Å²) >= 11 is 0. The molecule has 0 radical (unpaired) electrons. The first-order valence-electron chi connectivity index (χ1n) is 6.67. The molecular weight excluding hydrogens is 224 g/mol. The van der Waals surface area contributed by atoms with E-state index in [1.807, 2.05) is 24.8 Å². The van der Waals surface area contributed by atoms with E-state index in [1.165, 1.54) is 31.4 Å². The summed E-state index contributed by atoms with van der Waals surface area (Å²) in [7, 11) is 0. The molecule has 2 aliphatic rings. The Balaban J connectivity index is 1.92. The molecule has 2 atom stereocenters. The molecule has 0 spiro atoms. The maximum absolute atomic E-state index is 4.49. The summed E-state index contributed by atoms with van der Waals surface area (Å²) in [5, 5.41) is 3.63. The molecular formula is C14H16N4. The Bertz CT molecular complexity index is 575. The number of aromatic nitrogens is 3. The van der Waals surface area contributed by atoms with E-state index in [9.17, 15) is 0 Å². The zero-order valence-electron chi connectivity index (χ0n) is 10.2. The average Bonchev–Trinajstić information content (AvgIpc) is 2.84. The first-order chi connectivity index (χ1) is 8.93. The Morgan fingerprint density at radius 3 is 3.22 bits per heavy atom. The van der Waals surface area contributed by atoms with Gasteiger partial charge in [0.2, 0.25) is 0 Å². The summed E-state index contributed by atoms with van der Waals surface area (Å²) in [4.78, 5) is 8.83. The van der Waals surface area contributed by atoms with Crippen molar-refractivity contribution < 1.29 is 0 Å². The van der Waals surface area contributed by atoms with Gasteiger partial charge in [0.15, 0.2) is 5.82 Å². The van der Waals surface area contributed by atoms with Crippen molar-refractivity contribution in [3.05, 3.63) is 36.5 Å². The van der Waals surface area contributed by atoms with Crippen molar-refractivity contribution in [2.24, 2.45) is 0 Å². The normalized spacial score (nSPS) is 25.3. The molecule has 1 N–H and O–H groups in total. The van der Waals surface area contributed by atoms with Crippen LogP contribution in [0.15, 0.2) is 30.9 Å². The molecule has 2 unspecified atom stereocenters. The lowest BCUT2D eigenvalue weighted by atomic mass is 9.83. The lowest BCUT2D eigenvalue weighted by Gasteiger charge is -2.30. The number of pyridine rings is 1. The highest BCUT2D eigenvalue weighted by Gasteiger charge is 2.32. The number of nitrogens with one attached hydrogen (secondary N) is 1. The summed E-state index contributed by atoms with van der Waals surface area (Å²) in [5.41, 5.74) is 2.46. The highest BCUT2D eigenvalue weighted by atomic mass is 15.1. The van der Waals surface area contributed by atoms with Crippen LogP contribution in [0.5, 0.6) is 0 Å². The monoisotopic (exact) mass is 240 g/mol. The number of hydrogen-bond donors (Lipinski definition) is 1. The van der Waals surface area contributed by atoms with E-state index < -0.39 is 0 Å². The minimum Gasteiger partial charge on any atom is -0.365 e. The fourth-order valence-corrected chi connectivity index (χ4v) is 3.32. The smallest absolute Gasteiger partial charge is 0.150 e. The van der Waals surface area contributed by atoms with Crippen LogP contribution in [0.4, 0.5) is 5.82 Å². The van der Waals surface area contributed by atoms with E-state index in [1.54, 1.807) is 0 Å². The highest BCUT2D eigenvalue weighted by Crippen LogP contribution is 2.39. The largest absolute Gasteiger partial charge is 0.365 e. The van der Waals surface area contributed by atoms with Crippen molar-refractivity contribution in [2.75, 3.05) is 5.32 Å². The van der Waals surface area contributed by atoms with E-state index in [-0.39, 0.29) is 0 Å². The van der Waals surface area contributed by atoms with Crippen molar-refractivity contribution in [3.8, 4) is 5.69 Å². The zero-order valence-corrected chi connectivity index (χ0v) is 10.2. The standard InChI is InChI=1S/C14H16N4/c1-2-5-11-10(4-1)13-8-15-9-18(13)12-6-3-7-16-14(12)17-11/h3,6-11H,1-2,4-5H2,(H,16,17). The molecule has 2 aromatic rings. The summed E-state index contributed by atoms with van der Waals surface area (Å²) in [6.07, 6.45) is 10.9. The van der Waals surface area contributed by atoms with Crippen LogP contribution in [0, 0.1) is 0 Å². The zero-order chi connectivity index (χ0) is 11.9.